The van der Waals surface area contributed by atoms with E-state index in [9.17, 15) is 4.79 Å². The van der Waals surface area contributed by atoms with Gasteiger partial charge in [-0.05, 0) is 19.3 Å². The Bertz CT molecular complexity index is 153. The lowest BCUT2D eigenvalue weighted by Gasteiger charge is -2.20. The van der Waals surface area contributed by atoms with Crippen molar-refractivity contribution in [2.75, 3.05) is 0 Å². The zero-order valence-electron chi connectivity index (χ0n) is 5.21. The number of piperidine rings is 1. The third kappa shape index (κ3) is 0.525. The molecule has 0 aromatic carbocycles. The zero-order chi connectivity index (χ0) is 6.43. The summed E-state index contributed by atoms with van der Waals surface area (Å²) in [5.41, 5.74) is 0. The van der Waals surface area contributed by atoms with E-state index in [1.165, 1.54) is 5.01 Å². The van der Waals surface area contributed by atoms with Crippen LogP contribution in [0.15, 0.2) is 0 Å². The first-order valence-corrected chi connectivity index (χ1v) is 3.37. The molecule has 1 amide bonds. The summed E-state index contributed by atoms with van der Waals surface area (Å²) < 4.78 is 0. The smallest absolute Gasteiger partial charge is 0.239 e. The summed E-state index contributed by atoms with van der Waals surface area (Å²) >= 11 is 0. The fraction of sp³-hybridized carbons (Fsp3) is 0.833. The zero-order valence-corrected chi connectivity index (χ0v) is 5.21. The first-order chi connectivity index (χ1) is 4.29. The molecule has 0 aromatic rings. The number of fused-ring (bicyclic) bond motifs is 2. The van der Waals surface area contributed by atoms with Crippen LogP contribution in [0.2, 0.25) is 0 Å². The minimum Gasteiger partial charge on any atom is -0.277 e. The van der Waals surface area contributed by atoms with E-state index >= 15 is 0 Å². The topological polar surface area (TPSA) is 46.3 Å². The number of nitrogens with two attached hydrogens (primary N) is 1. The van der Waals surface area contributed by atoms with Crippen molar-refractivity contribution in [3.05, 3.63) is 0 Å². The van der Waals surface area contributed by atoms with Gasteiger partial charge in [-0.15, -0.1) is 0 Å². The predicted octanol–water partition coefficient (Wildman–Crippen LogP) is -0.129. The number of carbonyl (C=O) groups is 1. The monoisotopic (exact) mass is 126 g/mol. The van der Waals surface area contributed by atoms with Crippen molar-refractivity contribution >= 4 is 5.91 Å². The van der Waals surface area contributed by atoms with Crippen LogP contribution in [0.1, 0.15) is 19.3 Å². The van der Waals surface area contributed by atoms with E-state index in [0.29, 0.717) is 6.04 Å². The Kier molecular flexibility index (Phi) is 0.858. The summed E-state index contributed by atoms with van der Waals surface area (Å²) in [5, 5.41) is 1.41. The van der Waals surface area contributed by atoms with Gasteiger partial charge in [-0.3, -0.25) is 9.80 Å². The Morgan fingerprint density at radius 2 is 2.33 bits per heavy atom. The lowest BCUT2D eigenvalue weighted by atomic mass is 10.1. The van der Waals surface area contributed by atoms with E-state index in [-0.39, 0.29) is 11.8 Å². The first-order valence-electron chi connectivity index (χ1n) is 3.37. The lowest BCUT2D eigenvalue weighted by molar-refractivity contribution is -0.134. The van der Waals surface area contributed by atoms with Gasteiger partial charge in [0.25, 0.3) is 0 Å². The van der Waals surface area contributed by atoms with Gasteiger partial charge in [-0.2, -0.15) is 0 Å². The number of hydrazine groups is 1. The number of rotatable bonds is 0. The SMILES string of the molecule is NN1C(=O)[C@@H]2CC[C@H]1C2. The molecule has 0 unspecified atom stereocenters. The fourth-order valence-electron chi connectivity index (χ4n) is 1.83. The molecular formula is C6H10N2O. The maximum Gasteiger partial charge on any atom is 0.239 e. The number of nitrogens with zero attached hydrogens (tertiary/aromatic N) is 1. The van der Waals surface area contributed by atoms with Crippen LogP contribution in [0.3, 0.4) is 0 Å². The van der Waals surface area contributed by atoms with Crippen molar-refractivity contribution < 1.29 is 4.79 Å². The Labute approximate surface area is 53.8 Å². The molecule has 2 rings (SSSR count). The highest BCUT2D eigenvalue weighted by molar-refractivity contribution is 5.81. The van der Waals surface area contributed by atoms with Crippen LogP contribution < -0.4 is 5.84 Å². The quantitative estimate of drug-likeness (QED) is 0.363. The average Bonchev–Trinajstić information content (AvgIpc) is 2.37. The van der Waals surface area contributed by atoms with Crippen LogP contribution in [0.25, 0.3) is 0 Å². The summed E-state index contributed by atoms with van der Waals surface area (Å²) in [6, 6.07) is 0.377. The van der Waals surface area contributed by atoms with Crippen LogP contribution in [0.5, 0.6) is 0 Å². The largest absolute Gasteiger partial charge is 0.277 e. The number of hydrogen-bond acceptors (Lipinski definition) is 2. The summed E-state index contributed by atoms with van der Waals surface area (Å²) in [6.07, 6.45) is 3.19. The van der Waals surface area contributed by atoms with Gasteiger partial charge < -0.3 is 0 Å². The van der Waals surface area contributed by atoms with E-state index in [1.54, 1.807) is 0 Å². The Hall–Kier alpha value is -0.570. The van der Waals surface area contributed by atoms with E-state index in [1.807, 2.05) is 0 Å². The highest BCUT2D eigenvalue weighted by Gasteiger charge is 2.43. The second kappa shape index (κ2) is 1.48. The van der Waals surface area contributed by atoms with Crippen LogP contribution in [-0.2, 0) is 4.79 Å². The van der Waals surface area contributed by atoms with Crippen molar-refractivity contribution in [1.82, 2.24) is 5.01 Å². The molecule has 0 spiro atoms. The van der Waals surface area contributed by atoms with Crippen molar-refractivity contribution in [2.24, 2.45) is 11.8 Å². The molecule has 1 saturated carbocycles. The normalized spacial score (nSPS) is 40.6. The van der Waals surface area contributed by atoms with Crippen LogP contribution in [-0.4, -0.2) is 17.0 Å². The Balaban J connectivity index is 2.25. The summed E-state index contributed by atoms with van der Waals surface area (Å²) in [5.74, 6) is 5.88. The molecule has 2 atom stereocenters. The van der Waals surface area contributed by atoms with Gasteiger partial charge >= 0.3 is 0 Å². The predicted molar refractivity (Wildman–Crippen MR) is 32.2 cm³/mol. The molecule has 1 heterocycles. The first kappa shape index (κ1) is 5.23. The molecule has 2 aliphatic rings. The molecule has 2 fully saturated rings. The van der Waals surface area contributed by atoms with Gasteiger partial charge in [-0.1, -0.05) is 0 Å². The second-order valence-corrected chi connectivity index (χ2v) is 2.91. The van der Waals surface area contributed by atoms with Crippen molar-refractivity contribution in [1.29, 1.82) is 0 Å². The second-order valence-electron chi connectivity index (χ2n) is 2.91. The highest BCUT2D eigenvalue weighted by atomic mass is 16.2. The van der Waals surface area contributed by atoms with Crippen molar-refractivity contribution in [2.45, 2.75) is 25.3 Å². The average molecular weight is 126 g/mol. The molecule has 3 nitrogen and oxygen atoms in total. The molecule has 3 heteroatoms. The van der Waals surface area contributed by atoms with Gasteiger partial charge in [-0.25, -0.2) is 5.84 Å². The maximum atomic E-state index is 11.0. The van der Waals surface area contributed by atoms with Gasteiger partial charge in [0.2, 0.25) is 5.91 Å². The molecule has 0 radical (unpaired) electrons. The number of hydrogen-bond donors (Lipinski definition) is 1. The maximum absolute atomic E-state index is 11.0. The number of carbonyl (C=O) groups excluding carboxylic acids is 1. The number of amides is 1. The minimum absolute atomic E-state index is 0.159. The van der Waals surface area contributed by atoms with Crippen LogP contribution in [0, 0.1) is 5.92 Å². The third-order valence-corrected chi connectivity index (χ3v) is 2.40. The molecule has 1 aliphatic carbocycles. The molecule has 1 saturated heterocycles. The molecular weight excluding hydrogens is 116 g/mol. The minimum atomic E-state index is 0.159. The molecule has 50 valence electrons. The Morgan fingerprint density at radius 3 is 2.67 bits per heavy atom. The Morgan fingerprint density at radius 1 is 1.56 bits per heavy atom. The molecule has 2 N–H and O–H groups in total. The van der Waals surface area contributed by atoms with Crippen molar-refractivity contribution in [3.63, 3.8) is 0 Å². The van der Waals surface area contributed by atoms with Gasteiger partial charge in [0, 0.05) is 12.0 Å². The lowest BCUT2D eigenvalue weighted by Crippen LogP contribution is -2.42. The van der Waals surface area contributed by atoms with E-state index in [2.05, 4.69) is 0 Å². The van der Waals surface area contributed by atoms with E-state index in [4.69, 9.17) is 5.84 Å². The molecule has 0 aromatic heterocycles. The molecule has 1 aliphatic heterocycles. The van der Waals surface area contributed by atoms with Crippen LogP contribution >= 0.6 is 0 Å². The van der Waals surface area contributed by atoms with Gasteiger partial charge in [0.1, 0.15) is 0 Å². The van der Waals surface area contributed by atoms with E-state index in [0.717, 1.165) is 19.3 Å². The third-order valence-electron chi connectivity index (χ3n) is 2.40. The summed E-state index contributed by atoms with van der Waals surface area (Å²) in [7, 11) is 0. The molecule has 9 heavy (non-hydrogen) atoms. The van der Waals surface area contributed by atoms with Gasteiger partial charge in [0.15, 0.2) is 0 Å². The van der Waals surface area contributed by atoms with Gasteiger partial charge in [0.05, 0.1) is 0 Å². The highest BCUT2D eigenvalue weighted by Crippen LogP contribution is 2.36. The van der Waals surface area contributed by atoms with E-state index < -0.39 is 0 Å². The fourth-order valence-corrected chi connectivity index (χ4v) is 1.83. The summed E-state index contributed by atoms with van der Waals surface area (Å²) in [6.45, 7) is 0. The van der Waals surface area contributed by atoms with Crippen LogP contribution in [0.4, 0.5) is 0 Å². The standard InChI is InChI=1S/C6H10N2O/c7-8-5-2-1-4(3-5)6(8)9/h4-5H,1-3,7H2/t4-,5+/m1/s1. The molecule has 2 bridgehead atoms. The summed E-state index contributed by atoms with van der Waals surface area (Å²) in [4.78, 5) is 11.0. The van der Waals surface area contributed by atoms with Crippen molar-refractivity contribution in [3.8, 4) is 0 Å².